The molecule has 0 saturated carbocycles. The second-order valence-corrected chi connectivity index (χ2v) is 8.61. The van der Waals surface area contributed by atoms with Gasteiger partial charge in [-0.3, -0.25) is 9.59 Å². The molecule has 0 aliphatic carbocycles. The SMILES string of the molecule is CC[C@@H](C)NC(=O)[C@H](CC)N(Cc1ccc(OC)cc1)C(=O)COc1cc(C)cc(C)c1C. The van der Waals surface area contributed by atoms with Gasteiger partial charge >= 0.3 is 0 Å². The molecule has 2 aromatic carbocycles. The van der Waals surface area contributed by atoms with E-state index in [-0.39, 0.29) is 24.5 Å². The van der Waals surface area contributed by atoms with Crippen LogP contribution in [0.25, 0.3) is 0 Å². The molecule has 0 aromatic heterocycles. The number of amides is 2. The maximum atomic E-state index is 13.4. The minimum absolute atomic E-state index is 0.0404. The number of aryl methyl sites for hydroxylation is 2. The van der Waals surface area contributed by atoms with Crippen LogP contribution in [0.5, 0.6) is 11.5 Å². The van der Waals surface area contributed by atoms with Crippen molar-refractivity contribution in [2.45, 2.75) is 73.0 Å². The van der Waals surface area contributed by atoms with Crippen molar-refractivity contribution in [2.75, 3.05) is 13.7 Å². The van der Waals surface area contributed by atoms with Crippen molar-refractivity contribution in [3.05, 3.63) is 58.7 Å². The van der Waals surface area contributed by atoms with Gasteiger partial charge in [0.1, 0.15) is 17.5 Å². The predicted molar refractivity (Wildman–Crippen MR) is 132 cm³/mol. The summed E-state index contributed by atoms with van der Waals surface area (Å²) in [6.07, 6.45) is 1.33. The molecule has 0 heterocycles. The molecule has 33 heavy (non-hydrogen) atoms. The second kappa shape index (κ2) is 12.3. The average molecular weight is 455 g/mol. The Morgan fingerprint density at radius 3 is 2.27 bits per heavy atom. The summed E-state index contributed by atoms with van der Waals surface area (Å²) in [5.74, 6) is 1.07. The number of rotatable bonds is 11. The summed E-state index contributed by atoms with van der Waals surface area (Å²) in [7, 11) is 1.61. The van der Waals surface area contributed by atoms with Gasteiger partial charge < -0.3 is 19.7 Å². The molecule has 0 unspecified atom stereocenters. The summed E-state index contributed by atoms with van der Waals surface area (Å²) in [6.45, 7) is 12.1. The van der Waals surface area contributed by atoms with Crippen LogP contribution >= 0.6 is 0 Å². The number of carbonyl (C=O) groups excluding carboxylic acids is 2. The molecule has 0 aliphatic rings. The van der Waals surface area contributed by atoms with Gasteiger partial charge in [-0.2, -0.15) is 0 Å². The van der Waals surface area contributed by atoms with E-state index in [0.717, 1.165) is 34.4 Å². The minimum Gasteiger partial charge on any atom is -0.497 e. The predicted octanol–water partition coefficient (Wildman–Crippen LogP) is 4.72. The fraction of sp³-hybridized carbons (Fsp3) is 0.481. The lowest BCUT2D eigenvalue weighted by Gasteiger charge is -2.31. The summed E-state index contributed by atoms with van der Waals surface area (Å²) in [5.41, 5.74) is 4.13. The van der Waals surface area contributed by atoms with Crippen molar-refractivity contribution in [3.8, 4) is 11.5 Å². The van der Waals surface area contributed by atoms with Crippen molar-refractivity contribution in [1.82, 2.24) is 10.2 Å². The van der Waals surface area contributed by atoms with Crippen LogP contribution in [-0.2, 0) is 16.1 Å². The van der Waals surface area contributed by atoms with Crippen LogP contribution in [0.15, 0.2) is 36.4 Å². The Morgan fingerprint density at radius 1 is 1.03 bits per heavy atom. The third kappa shape index (κ3) is 7.24. The standard InChI is InChI=1S/C27H38N2O4/c1-8-20(5)28-27(31)24(9-2)29(16-22-10-12-23(32-7)13-11-22)26(30)17-33-25-15-18(3)14-19(4)21(25)6/h10-15,20,24H,8-9,16-17H2,1-7H3,(H,28,31)/t20-,24+/m1/s1. The molecule has 6 nitrogen and oxygen atoms in total. The lowest BCUT2D eigenvalue weighted by atomic mass is 10.1. The van der Waals surface area contributed by atoms with E-state index < -0.39 is 6.04 Å². The van der Waals surface area contributed by atoms with Crippen molar-refractivity contribution in [2.24, 2.45) is 0 Å². The van der Waals surface area contributed by atoms with Gasteiger partial charge in [0.25, 0.3) is 5.91 Å². The molecule has 0 fully saturated rings. The topological polar surface area (TPSA) is 67.9 Å². The van der Waals surface area contributed by atoms with Crippen LogP contribution in [0.4, 0.5) is 0 Å². The molecule has 0 radical (unpaired) electrons. The minimum atomic E-state index is -0.586. The first kappa shape index (κ1) is 26.2. The second-order valence-electron chi connectivity index (χ2n) is 8.61. The van der Waals surface area contributed by atoms with Crippen LogP contribution in [0.1, 0.15) is 55.9 Å². The zero-order valence-electron chi connectivity index (χ0n) is 21.0. The van der Waals surface area contributed by atoms with E-state index in [1.165, 1.54) is 0 Å². The lowest BCUT2D eigenvalue weighted by molar-refractivity contribution is -0.143. The van der Waals surface area contributed by atoms with Gasteiger partial charge in [0, 0.05) is 12.6 Å². The van der Waals surface area contributed by atoms with Crippen LogP contribution < -0.4 is 14.8 Å². The number of nitrogens with one attached hydrogen (secondary N) is 1. The van der Waals surface area contributed by atoms with Crippen LogP contribution in [0.2, 0.25) is 0 Å². The number of nitrogens with zero attached hydrogens (tertiary/aromatic N) is 1. The van der Waals surface area contributed by atoms with Crippen LogP contribution in [0.3, 0.4) is 0 Å². The smallest absolute Gasteiger partial charge is 0.261 e. The number of hydrogen-bond acceptors (Lipinski definition) is 4. The first-order valence-corrected chi connectivity index (χ1v) is 11.6. The van der Waals surface area contributed by atoms with Gasteiger partial charge in [0.15, 0.2) is 6.61 Å². The molecule has 0 spiro atoms. The van der Waals surface area contributed by atoms with Crippen LogP contribution in [0, 0.1) is 20.8 Å². The monoisotopic (exact) mass is 454 g/mol. The van der Waals surface area contributed by atoms with E-state index in [1.807, 2.05) is 71.9 Å². The van der Waals surface area contributed by atoms with Crippen molar-refractivity contribution < 1.29 is 19.1 Å². The van der Waals surface area contributed by atoms with Crippen molar-refractivity contribution in [3.63, 3.8) is 0 Å². The Labute approximate surface area is 198 Å². The third-order valence-corrected chi connectivity index (χ3v) is 6.01. The van der Waals surface area contributed by atoms with Gasteiger partial charge in [-0.15, -0.1) is 0 Å². The Morgan fingerprint density at radius 2 is 1.70 bits per heavy atom. The van der Waals surface area contributed by atoms with Gasteiger partial charge in [0.2, 0.25) is 5.91 Å². The molecule has 0 aliphatic heterocycles. The molecule has 2 amide bonds. The maximum Gasteiger partial charge on any atom is 0.261 e. The van der Waals surface area contributed by atoms with Crippen molar-refractivity contribution in [1.29, 1.82) is 0 Å². The normalized spacial score (nSPS) is 12.6. The highest BCUT2D eigenvalue weighted by Gasteiger charge is 2.29. The number of hydrogen-bond donors (Lipinski definition) is 1. The van der Waals surface area contributed by atoms with Gasteiger partial charge in [-0.25, -0.2) is 0 Å². The third-order valence-electron chi connectivity index (χ3n) is 6.01. The molecule has 180 valence electrons. The summed E-state index contributed by atoms with van der Waals surface area (Å²) in [4.78, 5) is 28.0. The fourth-order valence-electron chi connectivity index (χ4n) is 3.66. The van der Waals surface area contributed by atoms with Gasteiger partial charge in [-0.05, 0) is 81.0 Å². The van der Waals surface area contributed by atoms with Crippen LogP contribution in [-0.4, -0.2) is 42.5 Å². The Bertz CT molecular complexity index is 940. The van der Waals surface area contributed by atoms with E-state index in [0.29, 0.717) is 18.7 Å². The Balaban J connectivity index is 2.27. The number of carbonyl (C=O) groups is 2. The molecule has 1 N–H and O–H groups in total. The summed E-state index contributed by atoms with van der Waals surface area (Å²) >= 11 is 0. The quantitative estimate of drug-likeness (QED) is 0.533. The molecule has 2 aromatic rings. The average Bonchev–Trinajstić information content (AvgIpc) is 2.80. The molecule has 0 saturated heterocycles. The van der Waals surface area contributed by atoms with E-state index in [1.54, 1.807) is 12.0 Å². The highest BCUT2D eigenvalue weighted by Crippen LogP contribution is 2.24. The lowest BCUT2D eigenvalue weighted by Crippen LogP contribution is -2.51. The fourth-order valence-corrected chi connectivity index (χ4v) is 3.66. The molecule has 0 bridgehead atoms. The number of ether oxygens (including phenoxy) is 2. The highest BCUT2D eigenvalue weighted by atomic mass is 16.5. The zero-order chi connectivity index (χ0) is 24.5. The van der Waals surface area contributed by atoms with Gasteiger partial charge in [0.05, 0.1) is 7.11 Å². The molecule has 6 heteroatoms. The number of methoxy groups -OCH3 is 1. The van der Waals surface area contributed by atoms with E-state index in [9.17, 15) is 9.59 Å². The van der Waals surface area contributed by atoms with E-state index >= 15 is 0 Å². The molecular weight excluding hydrogens is 416 g/mol. The highest BCUT2D eigenvalue weighted by molar-refractivity contribution is 5.88. The summed E-state index contributed by atoms with van der Waals surface area (Å²) in [5, 5.41) is 3.02. The number of benzene rings is 2. The molecule has 2 atom stereocenters. The maximum absolute atomic E-state index is 13.4. The largest absolute Gasteiger partial charge is 0.497 e. The molecule has 2 rings (SSSR count). The van der Waals surface area contributed by atoms with E-state index in [4.69, 9.17) is 9.47 Å². The Hall–Kier alpha value is -3.02. The molecular formula is C27H38N2O4. The Kier molecular flexibility index (Phi) is 9.76. The van der Waals surface area contributed by atoms with E-state index in [2.05, 4.69) is 11.4 Å². The first-order chi connectivity index (χ1) is 15.7. The first-order valence-electron chi connectivity index (χ1n) is 11.6. The summed E-state index contributed by atoms with van der Waals surface area (Å²) in [6, 6.07) is 11.0. The van der Waals surface area contributed by atoms with Gasteiger partial charge in [-0.1, -0.05) is 32.0 Å². The zero-order valence-corrected chi connectivity index (χ0v) is 21.0. The summed E-state index contributed by atoms with van der Waals surface area (Å²) < 4.78 is 11.2. The van der Waals surface area contributed by atoms with Crippen molar-refractivity contribution >= 4 is 11.8 Å².